The fourth-order valence-corrected chi connectivity index (χ4v) is 4.57. The Balaban J connectivity index is 1.47. The minimum Gasteiger partial charge on any atom is -0.440 e. The Kier molecular flexibility index (Phi) is 6.00. The van der Waals surface area contributed by atoms with E-state index in [2.05, 4.69) is 17.2 Å². The lowest BCUT2D eigenvalue weighted by atomic mass is 9.86. The van der Waals surface area contributed by atoms with Gasteiger partial charge in [0.2, 0.25) is 11.8 Å². The van der Waals surface area contributed by atoms with Gasteiger partial charge in [0.25, 0.3) is 0 Å². The zero-order valence-electron chi connectivity index (χ0n) is 14.2. The molecule has 2 aromatic heterocycles. The summed E-state index contributed by atoms with van der Waals surface area (Å²) in [5.41, 5.74) is 0.933. The van der Waals surface area contributed by atoms with Crippen molar-refractivity contribution in [2.24, 2.45) is 5.92 Å². The highest BCUT2D eigenvalue weighted by Crippen LogP contribution is 2.27. The molecule has 130 valence electrons. The van der Waals surface area contributed by atoms with E-state index in [0.29, 0.717) is 29.4 Å². The molecule has 2 atom stereocenters. The van der Waals surface area contributed by atoms with Crippen LogP contribution < -0.4 is 5.32 Å². The van der Waals surface area contributed by atoms with E-state index in [1.165, 1.54) is 19.3 Å². The molecule has 0 saturated heterocycles. The summed E-state index contributed by atoms with van der Waals surface area (Å²) < 4.78 is 5.74. The number of thioether (sulfide) groups is 1. The van der Waals surface area contributed by atoms with Crippen LogP contribution in [0.3, 0.4) is 0 Å². The van der Waals surface area contributed by atoms with Gasteiger partial charge in [-0.3, -0.25) is 4.79 Å². The van der Waals surface area contributed by atoms with E-state index in [1.54, 1.807) is 23.1 Å². The number of rotatable bonds is 6. The van der Waals surface area contributed by atoms with Gasteiger partial charge in [-0.1, -0.05) is 25.8 Å². The molecule has 1 fully saturated rings. The number of oxazole rings is 1. The van der Waals surface area contributed by atoms with Crippen LogP contribution in [0.5, 0.6) is 0 Å². The molecule has 1 aliphatic rings. The Morgan fingerprint density at radius 1 is 1.46 bits per heavy atom. The van der Waals surface area contributed by atoms with E-state index < -0.39 is 0 Å². The first kappa shape index (κ1) is 17.5. The predicted octanol–water partition coefficient (Wildman–Crippen LogP) is 4.64. The summed E-state index contributed by atoms with van der Waals surface area (Å²) in [6.45, 7) is 4.17. The number of nitrogens with one attached hydrogen (secondary N) is 1. The zero-order chi connectivity index (χ0) is 16.9. The molecule has 2 unspecified atom stereocenters. The maximum Gasteiger partial charge on any atom is 0.236 e. The number of thiophene rings is 1. The molecule has 4 nitrogen and oxygen atoms in total. The van der Waals surface area contributed by atoms with Crippen LogP contribution in [0.4, 0.5) is 0 Å². The topological polar surface area (TPSA) is 55.1 Å². The van der Waals surface area contributed by atoms with Gasteiger partial charge >= 0.3 is 0 Å². The molecular weight excluding hydrogens is 340 g/mol. The average Bonchev–Trinajstić information content (AvgIpc) is 3.20. The molecule has 2 aromatic rings. The Bertz CT molecular complexity index is 667. The first-order valence-corrected chi connectivity index (χ1v) is 10.5. The highest BCUT2D eigenvalue weighted by atomic mass is 32.2. The molecule has 1 N–H and O–H groups in total. The highest BCUT2D eigenvalue weighted by Gasteiger charge is 2.22. The fourth-order valence-electron chi connectivity index (χ4n) is 3.09. The Morgan fingerprint density at radius 3 is 3.04 bits per heavy atom. The van der Waals surface area contributed by atoms with Crippen LogP contribution in [-0.2, 0) is 10.5 Å². The highest BCUT2D eigenvalue weighted by molar-refractivity contribution is 7.99. The summed E-state index contributed by atoms with van der Waals surface area (Å²) in [7, 11) is 0. The van der Waals surface area contributed by atoms with Crippen molar-refractivity contribution in [3.63, 3.8) is 0 Å². The third-order valence-electron chi connectivity index (χ3n) is 4.55. The number of hydrogen-bond acceptors (Lipinski definition) is 5. The number of carbonyl (C=O) groups is 1. The van der Waals surface area contributed by atoms with Crippen molar-refractivity contribution >= 4 is 29.0 Å². The molecule has 3 rings (SSSR count). The van der Waals surface area contributed by atoms with E-state index in [9.17, 15) is 4.79 Å². The van der Waals surface area contributed by atoms with Crippen LogP contribution in [0.15, 0.2) is 21.9 Å². The number of nitrogens with zero attached hydrogens (tertiary/aromatic N) is 1. The third-order valence-corrected chi connectivity index (χ3v) is 6.36. The lowest BCUT2D eigenvalue weighted by Crippen LogP contribution is -2.41. The second-order valence-corrected chi connectivity index (χ2v) is 8.36. The average molecular weight is 365 g/mol. The van der Waals surface area contributed by atoms with Crippen molar-refractivity contribution in [1.29, 1.82) is 0 Å². The Labute approximate surface area is 151 Å². The largest absolute Gasteiger partial charge is 0.440 e. The van der Waals surface area contributed by atoms with E-state index in [4.69, 9.17) is 4.42 Å². The second kappa shape index (κ2) is 8.21. The quantitative estimate of drug-likeness (QED) is 0.811. The van der Waals surface area contributed by atoms with Crippen molar-refractivity contribution in [2.45, 2.75) is 51.3 Å². The maximum absolute atomic E-state index is 12.1. The molecule has 24 heavy (non-hydrogen) atoms. The van der Waals surface area contributed by atoms with Crippen molar-refractivity contribution < 1.29 is 9.21 Å². The van der Waals surface area contributed by atoms with Crippen LogP contribution in [-0.4, -0.2) is 22.7 Å². The van der Waals surface area contributed by atoms with Gasteiger partial charge in [0, 0.05) is 11.8 Å². The van der Waals surface area contributed by atoms with Gasteiger partial charge in [-0.05, 0) is 37.1 Å². The summed E-state index contributed by atoms with van der Waals surface area (Å²) in [4.78, 5) is 17.8. The third kappa shape index (κ3) is 4.42. The van der Waals surface area contributed by atoms with Crippen molar-refractivity contribution in [2.75, 3.05) is 5.75 Å². The van der Waals surface area contributed by atoms with Crippen molar-refractivity contribution in [1.82, 2.24) is 10.3 Å². The Morgan fingerprint density at radius 2 is 2.29 bits per heavy atom. The second-order valence-electron chi connectivity index (χ2n) is 6.43. The molecule has 0 aliphatic heterocycles. The Hall–Kier alpha value is -1.27. The zero-order valence-corrected chi connectivity index (χ0v) is 15.8. The normalized spacial score (nSPS) is 20.9. The molecule has 6 heteroatoms. The van der Waals surface area contributed by atoms with Crippen LogP contribution >= 0.6 is 23.1 Å². The van der Waals surface area contributed by atoms with Gasteiger partial charge in [-0.15, -0.1) is 23.1 Å². The molecule has 0 aromatic carbocycles. The molecule has 0 bridgehead atoms. The van der Waals surface area contributed by atoms with Crippen LogP contribution in [0, 0.1) is 12.8 Å². The molecule has 1 saturated carbocycles. The first-order valence-electron chi connectivity index (χ1n) is 8.51. The van der Waals surface area contributed by atoms with Crippen LogP contribution in [0.25, 0.3) is 10.8 Å². The van der Waals surface area contributed by atoms with E-state index in [-0.39, 0.29) is 5.91 Å². The summed E-state index contributed by atoms with van der Waals surface area (Å²) in [5, 5.41) is 5.21. The molecule has 0 spiro atoms. The van der Waals surface area contributed by atoms with Crippen LogP contribution in [0.1, 0.15) is 44.1 Å². The SMILES string of the molecule is Cc1oc(-c2cccs2)nc1CSCC(=O)NC1CCCCC1C. The smallest absolute Gasteiger partial charge is 0.236 e. The van der Waals surface area contributed by atoms with Gasteiger partial charge in [-0.2, -0.15) is 0 Å². The summed E-state index contributed by atoms with van der Waals surface area (Å²) >= 11 is 3.22. The van der Waals surface area contributed by atoms with Gasteiger partial charge in [0.05, 0.1) is 16.3 Å². The van der Waals surface area contributed by atoms with Crippen molar-refractivity contribution in [3.05, 3.63) is 29.0 Å². The van der Waals surface area contributed by atoms with Gasteiger partial charge in [0.1, 0.15) is 5.76 Å². The summed E-state index contributed by atoms with van der Waals surface area (Å²) in [6, 6.07) is 4.35. The van der Waals surface area contributed by atoms with Gasteiger partial charge < -0.3 is 9.73 Å². The molecule has 0 radical (unpaired) electrons. The molecule has 2 heterocycles. The number of aryl methyl sites for hydroxylation is 1. The lowest BCUT2D eigenvalue weighted by molar-refractivity contribution is -0.119. The minimum absolute atomic E-state index is 0.137. The molecular formula is C18H24N2O2S2. The standard InChI is InChI=1S/C18H24N2O2S2/c1-12-6-3-4-7-14(12)19-17(21)11-23-10-15-13(2)22-18(20-15)16-8-5-9-24-16/h5,8-9,12,14H,3-4,6-7,10-11H2,1-2H3,(H,19,21). The van der Waals surface area contributed by atoms with E-state index >= 15 is 0 Å². The van der Waals surface area contributed by atoms with Crippen molar-refractivity contribution in [3.8, 4) is 10.8 Å². The van der Waals surface area contributed by atoms with E-state index in [1.807, 2.05) is 24.4 Å². The van der Waals surface area contributed by atoms with Gasteiger partial charge in [-0.25, -0.2) is 4.98 Å². The van der Waals surface area contributed by atoms with E-state index in [0.717, 1.165) is 22.8 Å². The fraction of sp³-hybridized carbons (Fsp3) is 0.556. The number of carbonyl (C=O) groups excluding carboxylic acids is 1. The maximum atomic E-state index is 12.1. The minimum atomic E-state index is 0.137. The number of aromatic nitrogens is 1. The summed E-state index contributed by atoms with van der Waals surface area (Å²) in [6.07, 6.45) is 4.86. The van der Waals surface area contributed by atoms with Crippen LogP contribution in [0.2, 0.25) is 0 Å². The summed E-state index contributed by atoms with van der Waals surface area (Å²) in [5.74, 6) is 3.43. The van der Waals surface area contributed by atoms with Gasteiger partial charge in [0.15, 0.2) is 0 Å². The molecule has 1 amide bonds. The number of amides is 1. The monoisotopic (exact) mass is 364 g/mol. The lowest BCUT2D eigenvalue weighted by Gasteiger charge is -2.29. The molecule has 1 aliphatic carbocycles. The predicted molar refractivity (Wildman–Crippen MR) is 100 cm³/mol. The number of hydrogen-bond donors (Lipinski definition) is 1. The first-order chi connectivity index (χ1) is 11.6.